The fourth-order valence-corrected chi connectivity index (χ4v) is 3.60. The van der Waals surface area contributed by atoms with Crippen LogP contribution in [0.5, 0.6) is 0 Å². The number of carboxylic acids is 1. The molecular formula is C14H24N2O3. The van der Waals surface area contributed by atoms with Gasteiger partial charge >= 0.3 is 12.0 Å². The third-order valence-electron chi connectivity index (χ3n) is 4.45. The molecule has 0 radical (unpaired) electrons. The lowest BCUT2D eigenvalue weighted by molar-refractivity contribution is -0.137. The standard InChI is InChI=1S/C14H24N2O3/c1-2-3-11(8-13(17)18)15-14(19)16-12-7-9-4-5-10(12)6-9/h9-12H,2-8H2,1H3,(H,17,18)(H2,15,16,19). The van der Waals surface area contributed by atoms with Gasteiger partial charge in [-0.05, 0) is 37.5 Å². The van der Waals surface area contributed by atoms with Crippen molar-refractivity contribution < 1.29 is 14.7 Å². The van der Waals surface area contributed by atoms with Gasteiger partial charge in [-0.25, -0.2) is 4.79 Å². The highest BCUT2D eigenvalue weighted by atomic mass is 16.4. The maximum absolute atomic E-state index is 11.9. The summed E-state index contributed by atoms with van der Waals surface area (Å²) in [4.78, 5) is 22.7. The zero-order valence-corrected chi connectivity index (χ0v) is 11.5. The second kappa shape index (κ2) is 6.26. The molecule has 0 spiro atoms. The first-order chi connectivity index (χ1) is 9.08. The number of carboxylic acid groups (broad SMARTS) is 1. The van der Waals surface area contributed by atoms with E-state index in [0.717, 1.165) is 18.8 Å². The molecule has 2 bridgehead atoms. The molecule has 4 unspecified atom stereocenters. The minimum absolute atomic E-state index is 0.00200. The summed E-state index contributed by atoms with van der Waals surface area (Å²) in [5.41, 5.74) is 0. The van der Waals surface area contributed by atoms with Crippen LogP contribution in [0.1, 0.15) is 51.9 Å². The molecule has 0 aromatic rings. The summed E-state index contributed by atoms with van der Waals surface area (Å²) in [6.45, 7) is 1.99. The van der Waals surface area contributed by atoms with Crippen molar-refractivity contribution >= 4 is 12.0 Å². The smallest absolute Gasteiger partial charge is 0.315 e. The number of nitrogens with one attached hydrogen (secondary N) is 2. The fraction of sp³-hybridized carbons (Fsp3) is 0.857. The summed E-state index contributed by atoms with van der Waals surface area (Å²) in [5.74, 6) is 0.569. The van der Waals surface area contributed by atoms with Crippen LogP contribution in [0.3, 0.4) is 0 Å². The number of amides is 2. The van der Waals surface area contributed by atoms with Gasteiger partial charge in [0.2, 0.25) is 0 Å². The molecule has 2 fully saturated rings. The van der Waals surface area contributed by atoms with Crippen LogP contribution in [0.25, 0.3) is 0 Å². The van der Waals surface area contributed by atoms with E-state index in [1.54, 1.807) is 0 Å². The van der Waals surface area contributed by atoms with E-state index >= 15 is 0 Å². The maximum atomic E-state index is 11.9. The van der Waals surface area contributed by atoms with E-state index in [1.807, 2.05) is 6.92 Å². The molecule has 2 aliphatic rings. The highest BCUT2D eigenvalue weighted by Gasteiger charge is 2.40. The molecule has 5 heteroatoms. The molecular weight excluding hydrogens is 244 g/mol. The average molecular weight is 268 g/mol. The number of carbonyl (C=O) groups is 2. The maximum Gasteiger partial charge on any atom is 0.315 e. The van der Waals surface area contributed by atoms with Gasteiger partial charge < -0.3 is 15.7 Å². The normalized spacial score (nSPS) is 30.1. The number of urea groups is 1. The van der Waals surface area contributed by atoms with Crippen molar-refractivity contribution in [1.82, 2.24) is 10.6 Å². The van der Waals surface area contributed by atoms with Crippen LogP contribution < -0.4 is 10.6 Å². The van der Waals surface area contributed by atoms with E-state index in [2.05, 4.69) is 10.6 Å². The van der Waals surface area contributed by atoms with Crippen LogP contribution in [-0.2, 0) is 4.79 Å². The monoisotopic (exact) mass is 268 g/mol. The Labute approximate surface area is 114 Å². The van der Waals surface area contributed by atoms with E-state index in [4.69, 9.17) is 5.11 Å². The lowest BCUT2D eigenvalue weighted by Crippen LogP contribution is -2.48. The number of hydrogen-bond acceptors (Lipinski definition) is 2. The van der Waals surface area contributed by atoms with Gasteiger partial charge in [-0.15, -0.1) is 0 Å². The Bertz CT molecular complexity index is 346. The van der Waals surface area contributed by atoms with Gasteiger partial charge in [0, 0.05) is 12.1 Å². The largest absolute Gasteiger partial charge is 0.481 e. The number of carbonyl (C=O) groups excluding carboxylic acids is 1. The lowest BCUT2D eigenvalue weighted by Gasteiger charge is -2.24. The van der Waals surface area contributed by atoms with Gasteiger partial charge in [0.1, 0.15) is 0 Å². The first-order valence-corrected chi connectivity index (χ1v) is 7.37. The van der Waals surface area contributed by atoms with Crippen molar-refractivity contribution in [3.05, 3.63) is 0 Å². The van der Waals surface area contributed by atoms with Gasteiger partial charge in [-0.2, -0.15) is 0 Å². The molecule has 0 aromatic heterocycles. The molecule has 4 atom stereocenters. The molecule has 2 saturated carbocycles. The minimum Gasteiger partial charge on any atom is -0.481 e. The van der Waals surface area contributed by atoms with Crippen LogP contribution in [0.2, 0.25) is 0 Å². The molecule has 108 valence electrons. The summed E-state index contributed by atoms with van der Waals surface area (Å²) in [7, 11) is 0. The molecule has 0 aliphatic heterocycles. The first kappa shape index (κ1) is 14.2. The van der Waals surface area contributed by atoms with E-state index in [0.29, 0.717) is 18.4 Å². The zero-order chi connectivity index (χ0) is 13.8. The summed E-state index contributed by atoms with van der Waals surface area (Å²) in [6, 6.07) is -0.163. The van der Waals surface area contributed by atoms with E-state index in [1.165, 1.54) is 19.3 Å². The Morgan fingerprint density at radius 3 is 2.63 bits per heavy atom. The number of hydrogen-bond donors (Lipinski definition) is 3. The van der Waals surface area contributed by atoms with Crippen LogP contribution in [0.4, 0.5) is 4.79 Å². The topological polar surface area (TPSA) is 78.4 Å². The summed E-state index contributed by atoms with van der Waals surface area (Å²) < 4.78 is 0. The zero-order valence-electron chi connectivity index (χ0n) is 11.5. The third-order valence-corrected chi connectivity index (χ3v) is 4.45. The van der Waals surface area contributed by atoms with Crippen molar-refractivity contribution in [1.29, 1.82) is 0 Å². The third kappa shape index (κ3) is 3.85. The molecule has 0 saturated heterocycles. The summed E-state index contributed by atoms with van der Waals surface area (Å²) in [5, 5.41) is 14.7. The Morgan fingerprint density at radius 1 is 1.32 bits per heavy atom. The van der Waals surface area contributed by atoms with Crippen molar-refractivity contribution in [3.8, 4) is 0 Å². The van der Waals surface area contributed by atoms with Crippen molar-refractivity contribution in [3.63, 3.8) is 0 Å². The van der Waals surface area contributed by atoms with Gasteiger partial charge in [-0.1, -0.05) is 19.8 Å². The Morgan fingerprint density at radius 2 is 2.11 bits per heavy atom. The molecule has 5 nitrogen and oxygen atoms in total. The van der Waals surface area contributed by atoms with E-state index < -0.39 is 5.97 Å². The number of fused-ring (bicyclic) bond motifs is 2. The van der Waals surface area contributed by atoms with Crippen molar-refractivity contribution in [2.75, 3.05) is 0 Å². The number of aliphatic carboxylic acids is 1. The predicted molar refractivity (Wildman–Crippen MR) is 71.9 cm³/mol. The highest BCUT2D eigenvalue weighted by Crippen LogP contribution is 2.44. The second-order valence-corrected chi connectivity index (χ2v) is 5.98. The quantitative estimate of drug-likeness (QED) is 0.690. The molecule has 2 aliphatic carbocycles. The molecule has 19 heavy (non-hydrogen) atoms. The minimum atomic E-state index is -0.862. The first-order valence-electron chi connectivity index (χ1n) is 7.37. The summed E-state index contributed by atoms with van der Waals surface area (Å²) >= 11 is 0. The SMILES string of the molecule is CCCC(CC(=O)O)NC(=O)NC1CC2CCC1C2. The van der Waals surface area contributed by atoms with Gasteiger partial charge in [-0.3, -0.25) is 4.79 Å². The van der Waals surface area contributed by atoms with Crippen LogP contribution in [0.15, 0.2) is 0 Å². The van der Waals surface area contributed by atoms with Crippen LogP contribution in [-0.4, -0.2) is 29.2 Å². The van der Waals surface area contributed by atoms with Gasteiger partial charge in [0.15, 0.2) is 0 Å². The Balaban J connectivity index is 1.77. The second-order valence-electron chi connectivity index (χ2n) is 5.98. The van der Waals surface area contributed by atoms with Crippen LogP contribution in [0, 0.1) is 11.8 Å². The highest BCUT2D eigenvalue weighted by molar-refractivity contribution is 5.76. The molecule has 2 rings (SSSR count). The molecule has 2 amide bonds. The lowest BCUT2D eigenvalue weighted by atomic mass is 9.95. The van der Waals surface area contributed by atoms with Crippen molar-refractivity contribution in [2.45, 2.75) is 64.0 Å². The molecule has 0 heterocycles. The van der Waals surface area contributed by atoms with Crippen LogP contribution >= 0.6 is 0 Å². The predicted octanol–water partition coefficient (Wildman–Crippen LogP) is 2.12. The average Bonchev–Trinajstić information content (AvgIpc) is 2.89. The Kier molecular flexibility index (Phi) is 4.66. The van der Waals surface area contributed by atoms with E-state index in [9.17, 15) is 9.59 Å². The van der Waals surface area contributed by atoms with E-state index in [-0.39, 0.29) is 18.5 Å². The molecule has 3 N–H and O–H groups in total. The number of rotatable bonds is 6. The van der Waals surface area contributed by atoms with Gasteiger partial charge in [0.05, 0.1) is 6.42 Å². The van der Waals surface area contributed by atoms with Crippen molar-refractivity contribution in [2.24, 2.45) is 11.8 Å². The molecule has 0 aromatic carbocycles. The summed E-state index contributed by atoms with van der Waals surface area (Å²) in [6.07, 6.45) is 6.44. The fourth-order valence-electron chi connectivity index (χ4n) is 3.60. The van der Waals surface area contributed by atoms with Gasteiger partial charge in [0.25, 0.3) is 0 Å². The Hall–Kier alpha value is -1.26.